The molecular formula is C74H120B5BrCl3N15O10. The van der Waals surface area contributed by atoms with Crippen LogP contribution in [0.3, 0.4) is 0 Å². The van der Waals surface area contributed by atoms with E-state index < -0.39 is 7.05 Å². The van der Waals surface area contributed by atoms with Gasteiger partial charge in [0.1, 0.15) is 0 Å². The van der Waals surface area contributed by atoms with Crippen LogP contribution in [0.25, 0.3) is 0 Å². The molecular weight excluding hydrogens is 1500 g/mol. The number of aliphatic hydroxyl groups excluding tert-OH is 1. The fourth-order valence-corrected chi connectivity index (χ4v) is 14.0. The molecule has 6 aliphatic rings. The van der Waals surface area contributed by atoms with E-state index in [0.717, 1.165) is 235 Å². The standard InChI is InChI=1S/C14H24BN3O2.C13H21N3O.C11H17BN2O2.C11H17BN2O.C10H14N2O.C10H14N2.C3H9BBrNO.C2HBO2.3ClH/c1-15(19)16-8-4-9-17-11-6-13(7-12-17)14-5-2-3-10-18(14)20;14-7-3-8-15-10-5-12(6-11-15)13-4-1-2-9-16(13)17;1-12(15)13-8-5-10(6-9-13)11-4-2-3-7-14(11)16;1-12(15)14-8-5-10(6-9-14)11-4-2-3-7-13-11;13-12-8-2-1-3-10(12)9-4-6-11-7-5-9;1-2-6-12-10(3-1)9-4-7-11-8-5-9;1-4(7)6-3-2-5;4-2-1-3-5;;;/h2-3,5,10,13,16,19H,4,6-9,11-12H2,1H3;1-2,4,9,12H,3,5-8,10-11,14H2;2-4,7,10,15H,5-6,8-9H2,1H3;2-4,7,10,15H,5-6,8-9H2,1H3;1-3,8-9,11H,4-7H2;1-3,6,9,11H,4-5,7-8H2;6-7H,2-3H2,1H3;4H;3*1H. The summed E-state index contributed by atoms with van der Waals surface area (Å²) in [5.41, 5.74) is 11.6. The van der Waals surface area contributed by atoms with Gasteiger partial charge >= 0.3 is 57.1 Å². The summed E-state index contributed by atoms with van der Waals surface area (Å²) in [6.45, 7) is 23.9. The maximum atomic E-state index is 11.7. The smallest absolute Gasteiger partial charge is 0.195 e. The van der Waals surface area contributed by atoms with Gasteiger partial charge in [-0.1, -0.05) is 52.3 Å². The van der Waals surface area contributed by atoms with E-state index in [-0.39, 0.29) is 58.4 Å². The van der Waals surface area contributed by atoms with Crippen LogP contribution in [0.15, 0.2) is 146 Å². The van der Waals surface area contributed by atoms with E-state index in [0.29, 0.717) is 42.7 Å². The van der Waals surface area contributed by atoms with Crippen LogP contribution in [0, 0.1) is 32.8 Å². The first-order chi connectivity index (χ1) is 51.0. The van der Waals surface area contributed by atoms with Gasteiger partial charge in [0.2, 0.25) is 0 Å². The maximum Gasteiger partial charge on any atom is 0.195 e. The van der Waals surface area contributed by atoms with Gasteiger partial charge in [-0.15, -0.1) is 37.2 Å². The Labute approximate surface area is 671 Å². The number of nitrogens with zero attached hydrogens (tertiary/aromatic N) is 10. The number of piperidine rings is 6. The number of rotatable bonds is 19. The monoisotopic (exact) mass is 1620 g/mol. The van der Waals surface area contributed by atoms with E-state index in [9.17, 15) is 30.9 Å². The summed E-state index contributed by atoms with van der Waals surface area (Å²) < 4.78 is 13.0. The second-order valence-corrected chi connectivity index (χ2v) is 28.1. The van der Waals surface area contributed by atoms with Crippen LogP contribution in [0.2, 0.25) is 27.3 Å². The number of nitrogens with one attached hydrogen (secondary N) is 4. The third-order valence-electron chi connectivity index (χ3n) is 19.7. The number of likely N-dealkylation sites (tertiary alicyclic amines) is 2. The van der Waals surface area contributed by atoms with Gasteiger partial charge in [-0.05, 0) is 253 Å². The summed E-state index contributed by atoms with van der Waals surface area (Å²) in [6, 6.07) is 34.8. The largest absolute Gasteiger partial charge is 0.618 e. The van der Waals surface area contributed by atoms with Crippen LogP contribution in [-0.2, 0) is 4.70 Å². The predicted octanol–water partition coefficient (Wildman–Crippen LogP) is 6.43. The van der Waals surface area contributed by atoms with Gasteiger partial charge in [-0.3, -0.25) is 9.97 Å². The van der Waals surface area contributed by atoms with Crippen LogP contribution in [0.1, 0.15) is 160 Å². The van der Waals surface area contributed by atoms with Crippen molar-refractivity contribution in [2.45, 2.75) is 153 Å². The Kier molecular flexibility index (Phi) is 54.0. The van der Waals surface area contributed by atoms with Gasteiger partial charge in [0.25, 0.3) is 0 Å². The van der Waals surface area contributed by atoms with Crippen molar-refractivity contribution in [1.82, 2.24) is 50.5 Å². The normalized spacial score (nSPS) is 16.6. The summed E-state index contributed by atoms with van der Waals surface area (Å²) in [5, 5.41) is 104. The fourth-order valence-electron chi connectivity index (χ4n) is 13.8. The zero-order valence-corrected chi connectivity index (χ0v) is 67.8. The molecule has 0 amide bonds. The second kappa shape index (κ2) is 59.2. The second-order valence-electron chi connectivity index (χ2n) is 27.3. The van der Waals surface area contributed by atoms with E-state index in [1.54, 1.807) is 75.3 Å². The molecule has 0 radical (unpaired) electrons. The first-order valence-corrected chi connectivity index (χ1v) is 39.0. The van der Waals surface area contributed by atoms with Gasteiger partial charge in [0.05, 0.1) is 0 Å². The minimum Gasteiger partial charge on any atom is -0.618 e. The Morgan fingerprint density at radius 1 is 0.491 bits per heavy atom. The van der Waals surface area contributed by atoms with Crippen molar-refractivity contribution < 1.29 is 48.8 Å². The van der Waals surface area contributed by atoms with Crippen LogP contribution < -0.4 is 45.7 Å². The van der Waals surface area contributed by atoms with Crippen molar-refractivity contribution in [2.24, 2.45) is 5.73 Å². The topological polar surface area (TPSA) is 339 Å². The molecule has 12 rings (SSSR count). The van der Waals surface area contributed by atoms with Gasteiger partial charge in [0.15, 0.2) is 47.6 Å². The average molecular weight is 1620 g/mol. The predicted molar refractivity (Wildman–Crippen MR) is 445 cm³/mol. The molecule has 0 bridgehead atoms. The minimum absolute atomic E-state index is 0. The first kappa shape index (κ1) is 98.5. The van der Waals surface area contributed by atoms with Crippen LogP contribution in [0.4, 0.5) is 0 Å². The van der Waals surface area contributed by atoms with Crippen molar-refractivity contribution in [1.29, 1.82) is 0 Å². The van der Waals surface area contributed by atoms with Crippen LogP contribution >= 0.6 is 53.2 Å². The summed E-state index contributed by atoms with van der Waals surface area (Å²) in [5.74, 6) is 4.57. The van der Waals surface area contributed by atoms with E-state index in [4.69, 9.17) is 25.6 Å². The molecule has 0 saturated carbocycles. The molecule has 0 aliphatic carbocycles. The Morgan fingerprint density at radius 3 is 1.09 bits per heavy atom. The van der Waals surface area contributed by atoms with Crippen molar-refractivity contribution >= 4 is 88.5 Å². The van der Waals surface area contributed by atoms with Crippen LogP contribution in [0.5, 0.6) is 0 Å². The third-order valence-corrected chi connectivity index (χ3v) is 20.1. The molecule has 6 aromatic rings. The zero-order valence-electron chi connectivity index (χ0n) is 63.8. The van der Waals surface area contributed by atoms with Crippen molar-refractivity contribution in [3.63, 3.8) is 0 Å². The molecule has 6 aromatic heterocycles. The summed E-state index contributed by atoms with van der Waals surface area (Å²) in [6.07, 6.45) is 26.5. The quantitative estimate of drug-likeness (QED) is 0.0104. The first-order valence-electron chi connectivity index (χ1n) is 37.9. The molecule has 594 valence electrons. The number of halogens is 4. The molecule has 6 saturated heterocycles. The SMILES string of the molecule is CB(O)N1CCC(c2cccc[n+]2[O-])CC1.CB(O)N1CCC(c2ccccn2)CC1.CB(O)NCCBr.CB(O)NCCCN1CCC(c2cccc[n+]2[O-])CC1.Cl.Cl.Cl.NCCCN1CCC(c2cccc[n+]2[O-])CC1.O=BC#CO.[O-][n+]1ccccc1C1CCNCC1.c1ccc(C2CCNCC2)nc1. The van der Waals surface area contributed by atoms with Crippen molar-refractivity contribution in [3.8, 4) is 11.9 Å². The molecule has 6 aliphatic heterocycles. The van der Waals surface area contributed by atoms with Gasteiger partial charge < -0.3 is 87.2 Å². The van der Waals surface area contributed by atoms with Gasteiger partial charge in [-0.25, -0.2) is 0 Å². The number of alkyl halides is 1. The van der Waals surface area contributed by atoms with Gasteiger partial charge in [0, 0.05) is 113 Å². The number of hydrogen-bond acceptors (Lipinski definition) is 21. The molecule has 108 heavy (non-hydrogen) atoms. The van der Waals surface area contributed by atoms with E-state index in [1.165, 1.54) is 30.3 Å². The molecule has 12 heterocycles. The zero-order chi connectivity index (χ0) is 75.8. The molecule has 6 fully saturated rings. The number of aliphatic hydroxyl groups is 1. The summed E-state index contributed by atoms with van der Waals surface area (Å²) in [4.78, 5) is 17.8. The van der Waals surface area contributed by atoms with E-state index >= 15 is 0 Å². The number of nitrogens with two attached hydrogens (primary N) is 1. The molecule has 25 nitrogen and oxygen atoms in total. The minimum atomic E-state index is -0.425. The number of aromatic nitrogens is 6. The van der Waals surface area contributed by atoms with Gasteiger partial charge in [-0.2, -0.15) is 18.9 Å². The maximum absolute atomic E-state index is 11.7. The summed E-state index contributed by atoms with van der Waals surface area (Å²) >= 11 is 3.20. The molecule has 0 spiro atoms. The van der Waals surface area contributed by atoms with Crippen LogP contribution in [-0.4, -0.2) is 207 Å². The van der Waals surface area contributed by atoms with E-state index in [1.807, 2.05) is 90.8 Å². The van der Waals surface area contributed by atoms with E-state index in [2.05, 4.69) is 79.8 Å². The fraction of sp³-hybridized carbons (Fsp3) is 0.568. The number of hydrogen-bond donors (Lipinski definition) is 10. The molecule has 0 unspecified atom stereocenters. The Hall–Kier alpha value is -5.59. The third kappa shape index (κ3) is 39.1. The molecule has 0 aromatic carbocycles. The molecule has 0 atom stereocenters. The molecule has 34 heteroatoms. The number of pyridine rings is 6. The average Bonchev–Trinajstić information content (AvgIpc) is 0.933. The van der Waals surface area contributed by atoms with Crippen molar-refractivity contribution in [2.75, 3.05) is 117 Å². The van der Waals surface area contributed by atoms with Crippen molar-refractivity contribution in [3.05, 3.63) is 201 Å². The Balaban J connectivity index is 0.000000427. The molecule has 11 N–H and O–H groups in total. The summed E-state index contributed by atoms with van der Waals surface area (Å²) in [7, 11) is -1.17. The Bertz CT molecular complexity index is 3290. The Morgan fingerprint density at radius 2 is 0.806 bits per heavy atom.